The third kappa shape index (κ3) is 7.34. The van der Waals surface area contributed by atoms with Crippen LogP contribution in [0, 0.1) is 0 Å². The van der Waals surface area contributed by atoms with Gasteiger partial charge in [-0.2, -0.15) is 0 Å². The van der Waals surface area contributed by atoms with E-state index in [2.05, 4.69) is 36.5 Å². The van der Waals surface area contributed by atoms with Crippen molar-refractivity contribution in [3.05, 3.63) is 71.8 Å². The lowest BCUT2D eigenvalue weighted by Crippen LogP contribution is -2.25. The molecule has 0 saturated heterocycles. The number of nitrogens with one attached hydrogen (secondary N) is 1. The largest absolute Gasteiger partial charge is 0.478 e. The molecule has 0 radical (unpaired) electrons. The molecule has 4 heteroatoms. The minimum Gasteiger partial charge on any atom is -0.478 e. The molecule has 0 unspecified atom stereocenters. The summed E-state index contributed by atoms with van der Waals surface area (Å²) in [5.41, 5.74) is 0.607. The van der Waals surface area contributed by atoms with Crippen molar-refractivity contribution in [2.24, 2.45) is 0 Å². The Kier molecular flexibility index (Phi) is 11.5. The molecule has 5 rings (SSSR count). The molecule has 0 atom stereocenters. The molecule has 232 valence electrons. The molecule has 2 N–H and O–H groups in total. The molecule has 0 bridgehead atoms. The molecular weight excluding hydrogens is 542 g/mol. The smallest absolute Gasteiger partial charge is 0.336 e. The topological polar surface area (TPSA) is 66.4 Å². The van der Waals surface area contributed by atoms with E-state index in [1.165, 1.54) is 95.3 Å². The molecule has 0 aromatic heterocycles. The molecule has 0 aliphatic rings. The Bertz CT molecular complexity index is 1640. The fraction of sp³-hybridized carbons (Fsp3) is 0.450. The van der Waals surface area contributed by atoms with Gasteiger partial charge in [-0.25, -0.2) is 4.79 Å². The second-order valence-corrected chi connectivity index (χ2v) is 12.6. The van der Waals surface area contributed by atoms with Crippen molar-refractivity contribution in [3.8, 4) is 0 Å². The van der Waals surface area contributed by atoms with Crippen LogP contribution in [0.1, 0.15) is 130 Å². The van der Waals surface area contributed by atoms with Crippen LogP contribution in [0.5, 0.6) is 0 Å². The molecule has 0 fully saturated rings. The van der Waals surface area contributed by atoms with Crippen LogP contribution in [0.4, 0.5) is 0 Å². The zero-order chi connectivity index (χ0) is 30.7. The Morgan fingerprint density at radius 1 is 0.523 bits per heavy atom. The van der Waals surface area contributed by atoms with Crippen molar-refractivity contribution in [1.82, 2.24) is 5.32 Å². The number of carbonyl (C=O) groups is 2. The summed E-state index contributed by atoms with van der Waals surface area (Å²) < 4.78 is 0. The van der Waals surface area contributed by atoms with Gasteiger partial charge in [0.05, 0.1) is 5.56 Å². The van der Waals surface area contributed by atoms with Crippen LogP contribution in [-0.4, -0.2) is 23.5 Å². The third-order valence-electron chi connectivity index (χ3n) is 9.44. The van der Waals surface area contributed by atoms with Gasteiger partial charge in [0, 0.05) is 17.5 Å². The molecule has 1 amide bonds. The number of fused-ring (bicyclic) bond motifs is 2. The number of rotatable bonds is 19. The van der Waals surface area contributed by atoms with Gasteiger partial charge >= 0.3 is 5.97 Å². The lowest BCUT2D eigenvalue weighted by atomic mass is 9.86. The van der Waals surface area contributed by atoms with Gasteiger partial charge in [0.15, 0.2) is 0 Å². The van der Waals surface area contributed by atoms with Crippen molar-refractivity contribution < 1.29 is 14.7 Å². The zero-order valence-electron chi connectivity index (χ0n) is 26.6. The highest BCUT2D eigenvalue weighted by atomic mass is 16.4. The third-order valence-corrected chi connectivity index (χ3v) is 9.44. The standard InChI is InChI=1S/C40H49NO3/c1-2-3-4-5-6-7-8-9-10-11-12-13-14-15-16-17-28-41-39(42)34-26-24-32-30-22-18-20-29-21-19-23-31(36(29)30)33-25-27-35(40(43)44)38(34)37(32)33/h18-27H,2-17,28H2,1H3,(H,41,42)(H,43,44). The minimum atomic E-state index is -1.02. The first-order chi connectivity index (χ1) is 21.6. The van der Waals surface area contributed by atoms with Crippen LogP contribution in [0.15, 0.2) is 60.7 Å². The Labute approximate surface area is 262 Å². The maximum Gasteiger partial charge on any atom is 0.336 e. The van der Waals surface area contributed by atoms with Gasteiger partial charge in [-0.15, -0.1) is 0 Å². The monoisotopic (exact) mass is 591 g/mol. The maximum absolute atomic E-state index is 13.5. The summed E-state index contributed by atoms with van der Waals surface area (Å²) in [5.74, 6) is -1.22. The second kappa shape index (κ2) is 15.9. The first-order valence-corrected chi connectivity index (χ1v) is 17.3. The fourth-order valence-corrected chi connectivity index (χ4v) is 7.07. The summed E-state index contributed by atoms with van der Waals surface area (Å²) in [6.45, 7) is 2.88. The van der Waals surface area contributed by atoms with E-state index in [1.54, 1.807) is 6.07 Å². The predicted molar refractivity (Wildman–Crippen MR) is 186 cm³/mol. The van der Waals surface area contributed by atoms with Gasteiger partial charge in [0.25, 0.3) is 5.91 Å². The fourth-order valence-electron chi connectivity index (χ4n) is 7.07. The summed E-state index contributed by atoms with van der Waals surface area (Å²) in [5, 5.41) is 21.0. The normalized spacial score (nSPS) is 11.8. The number of unbranched alkanes of at least 4 members (excludes halogenated alkanes) is 15. The molecular formula is C40H49NO3. The van der Waals surface area contributed by atoms with Gasteiger partial charge < -0.3 is 10.4 Å². The van der Waals surface area contributed by atoms with Crippen molar-refractivity contribution in [3.63, 3.8) is 0 Å². The average Bonchev–Trinajstić information content (AvgIpc) is 3.04. The molecule has 5 aromatic carbocycles. The van der Waals surface area contributed by atoms with E-state index < -0.39 is 5.97 Å². The lowest BCUT2D eigenvalue weighted by Gasteiger charge is -2.17. The van der Waals surface area contributed by atoms with E-state index in [4.69, 9.17) is 0 Å². The summed E-state index contributed by atoms with van der Waals surface area (Å²) in [6.07, 6.45) is 21.1. The summed E-state index contributed by atoms with van der Waals surface area (Å²) in [6, 6.07) is 19.8. The van der Waals surface area contributed by atoms with E-state index in [-0.39, 0.29) is 11.5 Å². The van der Waals surface area contributed by atoms with Crippen LogP contribution < -0.4 is 5.32 Å². The predicted octanol–water partition coefficient (Wildman–Crippen LogP) is 11.4. The number of hydrogen-bond donors (Lipinski definition) is 2. The zero-order valence-corrected chi connectivity index (χ0v) is 26.6. The first-order valence-electron chi connectivity index (χ1n) is 17.3. The van der Waals surface area contributed by atoms with E-state index in [1.807, 2.05) is 30.3 Å². The van der Waals surface area contributed by atoms with Crippen molar-refractivity contribution in [1.29, 1.82) is 0 Å². The van der Waals surface area contributed by atoms with Gasteiger partial charge in [-0.1, -0.05) is 152 Å². The molecule has 5 aromatic rings. The van der Waals surface area contributed by atoms with Crippen LogP contribution in [0.25, 0.3) is 43.1 Å². The van der Waals surface area contributed by atoms with E-state index in [0.29, 0.717) is 17.5 Å². The van der Waals surface area contributed by atoms with Gasteiger partial charge in [0.2, 0.25) is 0 Å². The second-order valence-electron chi connectivity index (χ2n) is 12.6. The average molecular weight is 592 g/mol. The molecule has 0 saturated carbocycles. The number of aromatic carboxylic acids is 1. The SMILES string of the molecule is CCCCCCCCCCCCCCCCCCNC(=O)c1ccc2c3cccc4cccc(c5ccc(C(=O)O)c1c52)c43. The van der Waals surface area contributed by atoms with E-state index >= 15 is 0 Å². The molecule has 0 heterocycles. The molecule has 0 aliphatic carbocycles. The Hall–Kier alpha value is -3.66. The van der Waals surface area contributed by atoms with Gasteiger partial charge in [-0.3, -0.25) is 4.79 Å². The number of benzene rings is 5. The molecule has 0 spiro atoms. The van der Waals surface area contributed by atoms with E-state index in [9.17, 15) is 14.7 Å². The minimum absolute atomic E-state index is 0.171. The van der Waals surface area contributed by atoms with Crippen molar-refractivity contribution >= 4 is 55.0 Å². The molecule has 44 heavy (non-hydrogen) atoms. The molecule has 4 nitrogen and oxygen atoms in total. The number of amides is 1. The Morgan fingerprint density at radius 3 is 1.48 bits per heavy atom. The first kappa shape index (κ1) is 31.8. The van der Waals surface area contributed by atoms with Crippen molar-refractivity contribution in [2.75, 3.05) is 6.54 Å². The number of carboxylic acid groups (broad SMARTS) is 1. The Balaban J connectivity index is 1.12. The maximum atomic E-state index is 13.5. The molecule has 0 aliphatic heterocycles. The highest BCUT2D eigenvalue weighted by Crippen LogP contribution is 2.42. The van der Waals surface area contributed by atoms with Crippen molar-refractivity contribution in [2.45, 2.75) is 110 Å². The number of carbonyl (C=O) groups excluding carboxylic acids is 1. The summed E-state index contributed by atoms with van der Waals surface area (Å²) >= 11 is 0. The summed E-state index contributed by atoms with van der Waals surface area (Å²) in [4.78, 5) is 25.8. The Morgan fingerprint density at radius 2 is 0.977 bits per heavy atom. The number of hydrogen-bond acceptors (Lipinski definition) is 2. The number of carboxylic acids is 1. The highest BCUT2D eigenvalue weighted by molar-refractivity contribution is 6.36. The quantitative estimate of drug-likeness (QED) is 0.0570. The lowest BCUT2D eigenvalue weighted by molar-refractivity contribution is 0.0699. The van der Waals surface area contributed by atoms with E-state index in [0.717, 1.165) is 45.2 Å². The highest BCUT2D eigenvalue weighted by Gasteiger charge is 2.22. The van der Waals surface area contributed by atoms with Crippen LogP contribution in [-0.2, 0) is 0 Å². The van der Waals surface area contributed by atoms with Gasteiger partial charge in [-0.05, 0) is 56.3 Å². The van der Waals surface area contributed by atoms with Crippen LogP contribution >= 0.6 is 0 Å². The van der Waals surface area contributed by atoms with Crippen LogP contribution in [0.3, 0.4) is 0 Å². The van der Waals surface area contributed by atoms with Gasteiger partial charge in [0.1, 0.15) is 0 Å². The summed E-state index contributed by atoms with van der Waals surface area (Å²) in [7, 11) is 0. The van der Waals surface area contributed by atoms with Crippen LogP contribution in [0.2, 0.25) is 0 Å².